The zero-order valence-electron chi connectivity index (χ0n) is 10.5. The molecule has 1 heterocycles. The van der Waals surface area contributed by atoms with E-state index in [1.165, 1.54) is 37.6 Å². The fourth-order valence-corrected chi connectivity index (χ4v) is 2.96. The molecule has 1 aromatic heterocycles. The molecule has 0 saturated heterocycles. The van der Waals surface area contributed by atoms with Crippen LogP contribution < -0.4 is 15.2 Å². The van der Waals surface area contributed by atoms with Gasteiger partial charge in [-0.15, -0.1) is 0 Å². The van der Waals surface area contributed by atoms with Crippen molar-refractivity contribution < 1.29 is 13.2 Å². The molecule has 6 nitrogen and oxygen atoms in total. The molecule has 2 aromatic rings. The van der Waals surface area contributed by atoms with Crippen molar-refractivity contribution in [2.24, 2.45) is 0 Å². The summed E-state index contributed by atoms with van der Waals surface area (Å²) in [5, 5.41) is 0.200. The number of ether oxygens (including phenoxy) is 1. The Morgan fingerprint density at radius 3 is 2.75 bits per heavy atom. The third kappa shape index (κ3) is 2.94. The molecular formula is C12H12ClN3O3S. The lowest BCUT2D eigenvalue weighted by atomic mass is 10.3. The number of halogens is 1. The van der Waals surface area contributed by atoms with Crippen molar-refractivity contribution in [1.29, 1.82) is 0 Å². The number of methoxy groups -OCH3 is 1. The van der Waals surface area contributed by atoms with Crippen LogP contribution in [0.25, 0.3) is 0 Å². The summed E-state index contributed by atoms with van der Waals surface area (Å²) in [6.45, 7) is 0. The van der Waals surface area contributed by atoms with Crippen LogP contribution in [0.1, 0.15) is 0 Å². The summed E-state index contributed by atoms with van der Waals surface area (Å²) in [5.74, 6) is 0.192. The lowest BCUT2D eigenvalue weighted by Crippen LogP contribution is -2.15. The maximum atomic E-state index is 12.3. The van der Waals surface area contributed by atoms with Crippen LogP contribution in [0.3, 0.4) is 0 Å². The van der Waals surface area contributed by atoms with Crippen LogP contribution in [0, 0.1) is 0 Å². The molecule has 0 radical (unpaired) electrons. The van der Waals surface area contributed by atoms with Crippen LogP contribution in [0.15, 0.2) is 41.4 Å². The van der Waals surface area contributed by atoms with Crippen LogP contribution in [-0.2, 0) is 10.0 Å². The second kappa shape index (κ2) is 5.56. The number of anilines is 2. The minimum Gasteiger partial charge on any atom is -0.495 e. The summed E-state index contributed by atoms with van der Waals surface area (Å²) in [7, 11) is -2.51. The van der Waals surface area contributed by atoms with Crippen LogP contribution >= 0.6 is 11.6 Å². The summed E-state index contributed by atoms with van der Waals surface area (Å²) < 4.78 is 32.0. The number of hydrogen-bond donors (Lipinski definition) is 2. The van der Waals surface area contributed by atoms with Crippen molar-refractivity contribution in [3.05, 3.63) is 41.6 Å². The predicted molar refractivity (Wildman–Crippen MR) is 77.5 cm³/mol. The Kier molecular flexibility index (Phi) is 4.01. The number of nitrogen functional groups attached to an aromatic ring is 1. The van der Waals surface area contributed by atoms with Crippen molar-refractivity contribution in [3.63, 3.8) is 0 Å². The molecule has 0 amide bonds. The number of rotatable bonds is 4. The van der Waals surface area contributed by atoms with E-state index in [1.54, 1.807) is 6.07 Å². The Morgan fingerprint density at radius 2 is 2.10 bits per heavy atom. The zero-order chi connectivity index (χ0) is 14.8. The second-order valence-electron chi connectivity index (χ2n) is 3.85. The molecule has 0 aliphatic rings. The van der Waals surface area contributed by atoms with Crippen molar-refractivity contribution in [2.75, 3.05) is 17.6 Å². The molecular weight excluding hydrogens is 302 g/mol. The molecule has 0 aliphatic carbocycles. The van der Waals surface area contributed by atoms with Gasteiger partial charge in [0.1, 0.15) is 10.6 Å². The molecule has 0 fully saturated rings. The van der Waals surface area contributed by atoms with E-state index in [2.05, 4.69) is 9.71 Å². The van der Waals surface area contributed by atoms with E-state index in [0.29, 0.717) is 5.69 Å². The SMILES string of the molecule is COc1cc(N)ccc1S(=O)(=O)Nc1ncccc1Cl. The van der Waals surface area contributed by atoms with Gasteiger partial charge in [-0.2, -0.15) is 0 Å². The van der Waals surface area contributed by atoms with E-state index >= 15 is 0 Å². The average molecular weight is 314 g/mol. The highest BCUT2D eigenvalue weighted by Gasteiger charge is 2.21. The van der Waals surface area contributed by atoms with Gasteiger partial charge in [-0.1, -0.05) is 11.6 Å². The lowest BCUT2D eigenvalue weighted by Gasteiger charge is -2.12. The first kappa shape index (κ1) is 14.4. The van der Waals surface area contributed by atoms with E-state index in [4.69, 9.17) is 22.1 Å². The van der Waals surface area contributed by atoms with Crippen molar-refractivity contribution in [3.8, 4) is 5.75 Å². The Morgan fingerprint density at radius 1 is 1.35 bits per heavy atom. The number of nitrogens with two attached hydrogens (primary N) is 1. The van der Waals surface area contributed by atoms with Gasteiger partial charge in [-0.05, 0) is 24.3 Å². The van der Waals surface area contributed by atoms with Crippen molar-refractivity contribution >= 4 is 33.1 Å². The maximum Gasteiger partial charge on any atom is 0.266 e. The predicted octanol–water partition coefficient (Wildman–Crippen LogP) is 2.13. The van der Waals surface area contributed by atoms with Crippen LogP contribution in [0.5, 0.6) is 5.75 Å². The maximum absolute atomic E-state index is 12.3. The Hall–Kier alpha value is -1.99. The molecule has 0 unspecified atom stereocenters. The minimum absolute atomic E-state index is 0.0454. The van der Waals surface area contributed by atoms with Gasteiger partial charge in [0.25, 0.3) is 10.0 Å². The molecule has 3 N–H and O–H groups in total. The van der Waals surface area contributed by atoms with Crippen molar-refractivity contribution in [1.82, 2.24) is 4.98 Å². The summed E-state index contributed by atoms with van der Waals surface area (Å²) in [4.78, 5) is 3.83. The van der Waals surface area contributed by atoms with Crippen LogP contribution in [0.2, 0.25) is 5.02 Å². The Bertz CT molecular complexity index is 734. The number of hydrogen-bond acceptors (Lipinski definition) is 5. The van der Waals surface area contributed by atoms with E-state index in [1.807, 2.05) is 0 Å². The topological polar surface area (TPSA) is 94.3 Å². The normalized spacial score (nSPS) is 11.1. The molecule has 8 heteroatoms. The number of pyridine rings is 1. The smallest absolute Gasteiger partial charge is 0.266 e. The summed E-state index contributed by atoms with van der Waals surface area (Å²) in [6, 6.07) is 7.38. The third-order valence-corrected chi connectivity index (χ3v) is 4.15. The molecule has 1 aromatic carbocycles. The number of nitrogens with zero attached hydrogens (tertiary/aromatic N) is 1. The highest BCUT2D eigenvalue weighted by Crippen LogP contribution is 2.28. The van der Waals surface area contributed by atoms with E-state index in [9.17, 15) is 8.42 Å². The van der Waals surface area contributed by atoms with E-state index in [-0.39, 0.29) is 21.5 Å². The summed E-state index contributed by atoms with van der Waals surface area (Å²) in [5.41, 5.74) is 5.99. The molecule has 0 atom stereocenters. The van der Waals surface area contributed by atoms with Gasteiger partial charge in [0.2, 0.25) is 0 Å². The summed E-state index contributed by atoms with van der Waals surface area (Å²) >= 11 is 5.88. The zero-order valence-corrected chi connectivity index (χ0v) is 12.1. The first-order chi connectivity index (χ1) is 9.44. The Balaban J connectivity index is 2.44. The number of benzene rings is 1. The Labute approximate surface area is 121 Å². The summed E-state index contributed by atoms with van der Waals surface area (Å²) in [6.07, 6.45) is 1.43. The molecule has 106 valence electrons. The third-order valence-electron chi connectivity index (χ3n) is 2.47. The molecule has 0 aliphatic heterocycles. The average Bonchev–Trinajstić information content (AvgIpc) is 2.40. The first-order valence-electron chi connectivity index (χ1n) is 5.51. The van der Waals surface area contributed by atoms with Gasteiger partial charge in [-0.25, -0.2) is 13.4 Å². The fourth-order valence-electron chi connectivity index (χ4n) is 1.55. The van der Waals surface area contributed by atoms with Gasteiger partial charge in [0.05, 0.1) is 12.1 Å². The molecule has 0 bridgehead atoms. The van der Waals surface area contributed by atoms with Gasteiger partial charge in [0, 0.05) is 18.0 Å². The van der Waals surface area contributed by atoms with Gasteiger partial charge in [-0.3, -0.25) is 4.72 Å². The monoisotopic (exact) mass is 313 g/mol. The second-order valence-corrected chi connectivity index (χ2v) is 5.91. The quantitative estimate of drug-likeness (QED) is 0.843. The largest absolute Gasteiger partial charge is 0.495 e. The minimum atomic E-state index is -3.87. The first-order valence-corrected chi connectivity index (χ1v) is 7.37. The molecule has 20 heavy (non-hydrogen) atoms. The molecule has 2 rings (SSSR count). The standard InChI is InChI=1S/C12H12ClN3O3S/c1-19-10-7-8(14)4-5-11(10)20(17,18)16-12-9(13)3-2-6-15-12/h2-7H,14H2,1H3,(H,15,16). The number of aromatic nitrogens is 1. The molecule has 0 spiro atoms. The fraction of sp³-hybridized carbons (Fsp3) is 0.0833. The molecule has 0 saturated carbocycles. The lowest BCUT2D eigenvalue weighted by molar-refractivity contribution is 0.403. The highest BCUT2D eigenvalue weighted by molar-refractivity contribution is 7.92. The van der Waals surface area contributed by atoms with Gasteiger partial charge >= 0.3 is 0 Å². The number of sulfonamides is 1. The highest BCUT2D eigenvalue weighted by atomic mass is 35.5. The van der Waals surface area contributed by atoms with Gasteiger partial charge < -0.3 is 10.5 Å². The van der Waals surface area contributed by atoms with Gasteiger partial charge in [0.15, 0.2) is 5.82 Å². The van der Waals surface area contributed by atoms with Crippen LogP contribution in [0.4, 0.5) is 11.5 Å². The van der Waals surface area contributed by atoms with E-state index in [0.717, 1.165) is 0 Å². The van der Waals surface area contributed by atoms with Crippen molar-refractivity contribution in [2.45, 2.75) is 4.90 Å². The van der Waals surface area contributed by atoms with Crippen LogP contribution in [-0.4, -0.2) is 20.5 Å². The number of nitrogens with one attached hydrogen (secondary N) is 1. The van der Waals surface area contributed by atoms with E-state index < -0.39 is 10.0 Å².